The third-order valence-electron chi connectivity index (χ3n) is 4.92. The van der Waals surface area contributed by atoms with E-state index in [1.165, 1.54) is 17.8 Å². The Kier molecular flexibility index (Phi) is 6.11. The summed E-state index contributed by atoms with van der Waals surface area (Å²) in [5, 5.41) is 8.01. The molecule has 0 atom stereocenters. The second-order valence-corrected chi connectivity index (χ2v) is 6.63. The number of aromatic nitrogens is 2. The Morgan fingerprint density at radius 3 is 2.64 bits per heavy atom. The molecule has 1 aromatic heterocycles. The number of carbonyl (C=O) groups is 1. The molecule has 0 unspecified atom stereocenters. The molecule has 0 saturated heterocycles. The third kappa shape index (κ3) is 3.79. The van der Waals surface area contributed by atoms with Crippen LogP contribution in [0.5, 0.6) is 0 Å². The number of aryl methyl sites for hydroxylation is 1. The SMILES string of the molecule is Cl.Cn1nc(CN(C(=O)c2ccccc2F)c2ccccc2)c2c1CCNC2. The van der Waals surface area contributed by atoms with E-state index >= 15 is 0 Å². The summed E-state index contributed by atoms with van der Waals surface area (Å²) in [6, 6.07) is 15.4. The predicted molar refractivity (Wildman–Crippen MR) is 109 cm³/mol. The van der Waals surface area contributed by atoms with Gasteiger partial charge in [-0.05, 0) is 24.3 Å². The number of nitrogens with one attached hydrogen (secondary N) is 1. The first-order valence-corrected chi connectivity index (χ1v) is 9.01. The van der Waals surface area contributed by atoms with Gasteiger partial charge in [0.25, 0.3) is 5.91 Å². The van der Waals surface area contributed by atoms with Crippen molar-refractivity contribution in [2.45, 2.75) is 19.5 Å². The van der Waals surface area contributed by atoms with Gasteiger partial charge in [0, 0.05) is 43.5 Å². The van der Waals surface area contributed by atoms with E-state index in [0.717, 1.165) is 30.8 Å². The summed E-state index contributed by atoms with van der Waals surface area (Å²) in [7, 11) is 1.93. The topological polar surface area (TPSA) is 50.2 Å². The van der Waals surface area contributed by atoms with Crippen LogP contribution >= 0.6 is 12.4 Å². The van der Waals surface area contributed by atoms with Crippen molar-refractivity contribution in [2.24, 2.45) is 7.05 Å². The Labute approximate surface area is 169 Å². The molecule has 0 aliphatic carbocycles. The minimum Gasteiger partial charge on any atom is -0.312 e. The average molecular weight is 401 g/mol. The van der Waals surface area contributed by atoms with Crippen molar-refractivity contribution in [1.29, 1.82) is 0 Å². The van der Waals surface area contributed by atoms with Gasteiger partial charge in [-0.2, -0.15) is 5.10 Å². The van der Waals surface area contributed by atoms with Crippen LogP contribution in [0.1, 0.15) is 27.3 Å². The molecule has 5 nitrogen and oxygen atoms in total. The average Bonchev–Trinajstić information content (AvgIpc) is 3.02. The summed E-state index contributed by atoms with van der Waals surface area (Å²) in [5.74, 6) is -0.893. The molecule has 3 aromatic rings. The predicted octanol–water partition coefficient (Wildman–Crippen LogP) is 3.47. The Morgan fingerprint density at radius 1 is 1.18 bits per heavy atom. The Bertz CT molecular complexity index is 974. The number of nitrogens with zero attached hydrogens (tertiary/aromatic N) is 3. The fourth-order valence-electron chi connectivity index (χ4n) is 3.55. The molecule has 0 saturated carbocycles. The Balaban J connectivity index is 0.00000225. The van der Waals surface area contributed by atoms with Crippen LogP contribution in [-0.4, -0.2) is 22.2 Å². The van der Waals surface area contributed by atoms with Crippen molar-refractivity contribution in [3.8, 4) is 0 Å². The van der Waals surface area contributed by atoms with Gasteiger partial charge < -0.3 is 10.2 Å². The van der Waals surface area contributed by atoms with Gasteiger partial charge in [0.05, 0.1) is 17.8 Å². The van der Waals surface area contributed by atoms with Crippen LogP contribution in [0.15, 0.2) is 54.6 Å². The summed E-state index contributed by atoms with van der Waals surface area (Å²) in [5.41, 5.74) is 3.94. The zero-order chi connectivity index (χ0) is 18.8. The number of benzene rings is 2. The molecular formula is C21H22ClFN4O. The zero-order valence-electron chi connectivity index (χ0n) is 15.6. The number of anilines is 1. The highest BCUT2D eigenvalue weighted by atomic mass is 35.5. The van der Waals surface area contributed by atoms with Crippen LogP contribution in [0.3, 0.4) is 0 Å². The van der Waals surface area contributed by atoms with Crippen molar-refractivity contribution in [3.05, 3.63) is 82.9 Å². The molecule has 7 heteroatoms. The van der Waals surface area contributed by atoms with E-state index in [1.807, 2.05) is 42.1 Å². The summed E-state index contributed by atoms with van der Waals surface area (Å²) in [6.45, 7) is 1.94. The van der Waals surface area contributed by atoms with Crippen LogP contribution in [0, 0.1) is 5.82 Å². The number of hydrogen-bond donors (Lipinski definition) is 1. The molecule has 28 heavy (non-hydrogen) atoms. The van der Waals surface area contributed by atoms with Gasteiger partial charge in [0.2, 0.25) is 0 Å². The molecule has 0 fully saturated rings. The largest absolute Gasteiger partial charge is 0.312 e. The fraction of sp³-hybridized carbons (Fsp3) is 0.238. The summed E-state index contributed by atoms with van der Waals surface area (Å²) < 4.78 is 16.1. The highest BCUT2D eigenvalue weighted by Gasteiger charge is 2.25. The van der Waals surface area contributed by atoms with Crippen LogP contribution in [-0.2, 0) is 26.6 Å². The number of para-hydroxylation sites is 1. The van der Waals surface area contributed by atoms with Crippen LogP contribution in [0.25, 0.3) is 0 Å². The highest BCUT2D eigenvalue weighted by molar-refractivity contribution is 6.06. The minimum atomic E-state index is -0.520. The van der Waals surface area contributed by atoms with Gasteiger partial charge in [0.15, 0.2) is 0 Å². The first-order valence-electron chi connectivity index (χ1n) is 9.01. The van der Waals surface area contributed by atoms with Gasteiger partial charge >= 0.3 is 0 Å². The number of amides is 1. The maximum Gasteiger partial charge on any atom is 0.261 e. The van der Waals surface area contributed by atoms with Gasteiger partial charge in [0.1, 0.15) is 5.82 Å². The lowest BCUT2D eigenvalue weighted by atomic mass is 10.1. The van der Waals surface area contributed by atoms with E-state index in [0.29, 0.717) is 12.2 Å². The minimum absolute atomic E-state index is 0. The quantitative estimate of drug-likeness (QED) is 0.729. The summed E-state index contributed by atoms with van der Waals surface area (Å²) in [4.78, 5) is 14.8. The number of hydrogen-bond acceptors (Lipinski definition) is 3. The maximum absolute atomic E-state index is 14.3. The lowest BCUT2D eigenvalue weighted by Crippen LogP contribution is -2.32. The summed E-state index contributed by atoms with van der Waals surface area (Å²) >= 11 is 0. The van der Waals surface area contributed by atoms with Gasteiger partial charge in [-0.25, -0.2) is 4.39 Å². The molecule has 1 N–H and O–H groups in total. The maximum atomic E-state index is 14.3. The smallest absolute Gasteiger partial charge is 0.261 e. The Hall–Kier alpha value is -2.70. The molecule has 4 rings (SSSR count). The van der Waals surface area contributed by atoms with Crippen LogP contribution < -0.4 is 10.2 Å². The second-order valence-electron chi connectivity index (χ2n) is 6.63. The first-order chi connectivity index (χ1) is 13.1. The summed E-state index contributed by atoms with van der Waals surface area (Å²) in [6.07, 6.45) is 0.908. The van der Waals surface area contributed by atoms with Crippen molar-refractivity contribution >= 4 is 24.0 Å². The molecule has 2 aromatic carbocycles. The molecule has 0 radical (unpaired) electrons. The zero-order valence-corrected chi connectivity index (χ0v) is 16.4. The van der Waals surface area contributed by atoms with Crippen molar-refractivity contribution in [1.82, 2.24) is 15.1 Å². The van der Waals surface area contributed by atoms with Crippen molar-refractivity contribution < 1.29 is 9.18 Å². The number of carbonyl (C=O) groups excluding carboxylic acids is 1. The molecule has 1 aliphatic rings. The fourth-order valence-corrected chi connectivity index (χ4v) is 3.55. The lowest BCUT2D eigenvalue weighted by Gasteiger charge is -2.23. The molecule has 146 valence electrons. The molecule has 2 heterocycles. The van der Waals surface area contributed by atoms with E-state index in [9.17, 15) is 9.18 Å². The number of halogens is 2. The first kappa shape index (κ1) is 20.0. The van der Waals surface area contributed by atoms with E-state index < -0.39 is 5.82 Å². The van der Waals surface area contributed by atoms with Gasteiger partial charge in [-0.15, -0.1) is 12.4 Å². The third-order valence-corrected chi connectivity index (χ3v) is 4.92. The van der Waals surface area contributed by atoms with Crippen molar-refractivity contribution in [3.63, 3.8) is 0 Å². The van der Waals surface area contributed by atoms with E-state index in [-0.39, 0.29) is 23.9 Å². The molecule has 0 spiro atoms. The normalized spacial score (nSPS) is 12.8. The Morgan fingerprint density at radius 2 is 1.89 bits per heavy atom. The second kappa shape index (κ2) is 8.54. The number of fused-ring (bicyclic) bond motifs is 1. The van der Waals surface area contributed by atoms with Crippen molar-refractivity contribution in [2.75, 3.05) is 11.4 Å². The van der Waals surface area contributed by atoms with Crippen LogP contribution in [0.4, 0.5) is 10.1 Å². The molecule has 1 aliphatic heterocycles. The monoisotopic (exact) mass is 400 g/mol. The molecule has 1 amide bonds. The standard InChI is InChI=1S/C21H21FN4O.ClH/c1-25-20-11-12-23-13-17(20)19(24-25)14-26(15-7-3-2-4-8-15)21(27)16-9-5-6-10-18(16)22;/h2-10,23H,11-14H2,1H3;1H. The molecular weight excluding hydrogens is 379 g/mol. The van der Waals surface area contributed by atoms with E-state index in [2.05, 4.69) is 10.4 Å². The van der Waals surface area contributed by atoms with Crippen LogP contribution in [0.2, 0.25) is 0 Å². The number of rotatable bonds is 4. The van der Waals surface area contributed by atoms with E-state index in [1.54, 1.807) is 17.0 Å². The highest BCUT2D eigenvalue weighted by Crippen LogP contribution is 2.24. The van der Waals surface area contributed by atoms with Gasteiger partial charge in [-0.3, -0.25) is 9.48 Å². The lowest BCUT2D eigenvalue weighted by molar-refractivity contribution is 0.0981. The molecule has 0 bridgehead atoms. The van der Waals surface area contributed by atoms with Gasteiger partial charge in [-0.1, -0.05) is 30.3 Å². The van der Waals surface area contributed by atoms with E-state index in [4.69, 9.17) is 0 Å².